The molecule has 0 aliphatic heterocycles. The monoisotopic (exact) mass is 484 g/mol. The first kappa shape index (κ1) is 24.3. The minimum absolute atomic E-state index is 0.572. The average molecular weight is 485 g/mol. The van der Waals surface area contributed by atoms with Crippen LogP contribution in [0.1, 0.15) is 22.3 Å². The summed E-state index contributed by atoms with van der Waals surface area (Å²) in [4.78, 5) is 0. The van der Waals surface area contributed by atoms with Gasteiger partial charge >= 0.3 is 0 Å². The molecule has 2 nitrogen and oxygen atoms in total. The van der Waals surface area contributed by atoms with Crippen molar-refractivity contribution in [2.24, 2.45) is 0 Å². The summed E-state index contributed by atoms with van der Waals surface area (Å²) in [5, 5.41) is 19.6. The SMILES string of the molecule is N#C/C(=C\c1ccc(-c2ccccc2)cc1)c1ccc(/C(C#N)=C/c2ccc(-c3ccccc3)cc2)cc1. The summed E-state index contributed by atoms with van der Waals surface area (Å²) in [5.41, 5.74) is 9.28. The van der Waals surface area contributed by atoms with E-state index in [2.05, 4.69) is 60.7 Å². The Morgan fingerprint density at radius 1 is 0.395 bits per heavy atom. The Hall–Kier alpha value is -5.44. The molecule has 0 unspecified atom stereocenters. The van der Waals surface area contributed by atoms with Crippen molar-refractivity contribution in [1.82, 2.24) is 0 Å². The summed E-state index contributed by atoms with van der Waals surface area (Å²) >= 11 is 0. The van der Waals surface area contributed by atoms with Gasteiger partial charge in [-0.1, -0.05) is 133 Å². The summed E-state index contributed by atoms with van der Waals surface area (Å²) in [6, 6.07) is 49.0. The van der Waals surface area contributed by atoms with Crippen LogP contribution in [-0.4, -0.2) is 0 Å². The summed E-state index contributed by atoms with van der Waals surface area (Å²) in [6.45, 7) is 0. The first-order chi connectivity index (χ1) is 18.7. The van der Waals surface area contributed by atoms with E-state index in [4.69, 9.17) is 0 Å². The maximum atomic E-state index is 9.82. The normalized spacial score (nSPS) is 11.4. The third-order valence-electron chi connectivity index (χ3n) is 6.41. The van der Waals surface area contributed by atoms with Crippen LogP contribution in [0.4, 0.5) is 0 Å². The molecule has 0 aliphatic carbocycles. The minimum Gasteiger partial charge on any atom is -0.192 e. The summed E-state index contributed by atoms with van der Waals surface area (Å²) in [6.07, 6.45) is 3.78. The fourth-order valence-electron chi connectivity index (χ4n) is 4.33. The molecule has 178 valence electrons. The van der Waals surface area contributed by atoms with E-state index in [1.807, 2.05) is 97.1 Å². The minimum atomic E-state index is 0.572. The van der Waals surface area contributed by atoms with E-state index in [1.54, 1.807) is 0 Å². The summed E-state index contributed by atoms with van der Waals surface area (Å²) in [7, 11) is 0. The van der Waals surface area contributed by atoms with Gasteiger partial charge in [0.05, 0.1) is 23.3 Å². The smallest absolute Gasteiger partial charge is 0.0998 e. The van der Waals surface area contributed by atoms with E-state index in [0.29, 0.717) is 11.1 Å². The molecule has 0 bridgehead atoms. The van der Waals surface area contributed by atoms with Crippen LogP contribution in [0.2, 0.25) is 0 Å². The molecule has 5 aromatic carbocycles. The molecule has 0 fully saturated rings. The first-order valence-corrected chi connectivity index (χ1v) is 12.4. The van der Waals surface area contributed by atoms with E-state index in [-0.39, 0.29) is 0 Å². The van der Waals surface area contributed by atoms with Crippen molar-refractivity contribution >= 4 is 23.3 Å². The standard InChI is InChI=1S/C36H24N2/c37-25-35(23-27-11-15-31(16-12-27)29-7-3-1-4-8-29)33-19-21-34(22-20-33)36(26-38)24-28-13-17-32(18-14-28)30-9-5-2-6-10-30/h1-24H/b35-23+,36-24+. The van der Waals surface area contributed by atoms with E-state index >= 15 is 0 Å². The molecule has 0 N–H and O–H groups in total. The second kappa shape index (κ2) is 11.5. The molecule has 0 saturated carbocycles. The molecule has 0 heterocycles. The van der Waals surface area contributed by atoms with Crippen molar-refractivity contribution in [3.05, 3.63) is 156 Å². The second-order valence-corrected chi connectivity index (χ2v) is 8.89. The Labute approximate surface area is 223 Å². The number of hydrogen-bond donors (Lipinski definition) is 0. The van der Waals surface area contributed by atoms with Gasteiger partial charge in [-0.25, -0.2) is 0 Å². The van der Waals surface area contributed by atoms with Crippen LogP contribution < -0.4 is 0 Å². The molecule has 0 aliphatic rings. The van der Waals surface area contributed by atoms with Crippen LogP contribution in [0.3, 0.4) is 0 Å². The number of rotatable bonds is 6. The van der Waals surface area contributed by atoms with Crippen molar-refractivity contribution in [1.29, 1.82) is 10.5 Å². The number of allylic oxidation sites excluding steroid dienone is 2. The zero-order valence-electron chi connectivity index (χ0n) is 20.8. The van der Waals surface area contributed by atoms with Gasteiger partial charge < -0.3 is 0 Å². The number of nitriles is 2. The zero-order chi connectivity index (χ0) is 26.2. The quantitative estimate of drug-likeness (QED) is 0.178. The lowest BCUT2D eigenvalue weighted by molar-refractivity contribution is 1.50. The Kier molecular flexibility index (Phi) is 7.36. The van der Waals surface area contributed by atoms with E-state index in [0.717, 1.165) is 44.5 Å². The Balaban J connectivity index is 1.34. The fraction of sp³-hybridized carbons (Fsp3) is 0. The first-order valence-electron chi connectivity index (χ1n) is 12.4. The number of hydrogen-bond acceptors (Lipinski definition) is 2. The van der Waals surface area contributed by atoms with Gasteiger partial charge in [-0.3, -0.25) is 0 Å². The van der Waals surface area contributed by atoms with Crippen LogP contribution in [-0.2, 0) is 0 Å². The third kappa shape index (κ3) is 5.68. The highest BCUT2D eigenvalue weighted by molar-refractivity contribution is 5.92. The number of benzene rings is 5. The van der Waals surface area contributed by atoms with Gasteiger partial charge in [-0.2, -0.15) is 10.5 Å². The molecule has 0 saturated heterocycles. The summed E-state index contributed by atoms with van der Waals surface area (Å²) in [5.74, 6) is 0. The molecule has 0 aromatic heterocycles. The van der Waals surface area contributed by atoms with Crippen molar-refractivity contribution in [2.45, 2.75) is 0 Å². The number of nitrogens with zero attached hydrogens (tertiary/aromatic N) is 2. The lowest BCUT2D eigenvalue weighted by Crippen LogP contribution is -1.87. The third-order valence-corrected chi connectivity index (χ3v) is 6.41. The van der Waals surface area contributed by atoms with E-state index in [1.165, 1.54) is 0 Å². The predicted octanol–water partition coefficient (Wildman–Crippen LogP) is 9.15. The predicted molar refractivity (Wildman–Crippen MR) is 157 cm³/mol. The zero-order valence-corrected chi connectivity index (χ0v) is 20.8. The molecule has 0 spiro atoms. The van der Waals surface area contributed by atoms with E-state index < -0.39 is 0 Å². The van der Waals surface area contributed by atoms with Gasteiger partial charge in [0.15, 0.2) is 0 Å². The van der Waals surface area contributed by atoms with Crippen LogP contribution in [0.5, 0.6) is 0 Å². The molecule has 2 heteroatoms. The van der Waals surface area contributed by atoms with Gasteiger partial charge in [0.25, 0.3) is 0 Å². The molecule has 0 radical (unpaired) electrons. The van der Waals surface area contributed by atoms with Crippen molar-refractivity contribution < 1.29 is 0 Å². The topological polar surface area (TPSA) is 47.6 Å². The average Bonchev–Trinajstić information content (AvgIpc) is 3.00. The molecule has 0 amide bonds. The Morgan fingerprint density at radius 2 is 0.711 bits per heavy atom. The highest BCUT2D eigenvalue weighted by atomic mass is 14.3. The molecule has 5 rings (SSSR count). The summed E-state index contributed by atoms with van der Waals surface area (Å²) < 4.78 is 0. The van der Waals surface area contributed by atoms with Gasteiger partial charge in [-0.05, 0) is 56.7 Å². The van der Waals surface area contributed by atoms with Crippen molar-refractivity contribution in [3.63, 3.8) is 0 Å². The lowest BCUT2D eigenvalue weighted by atomic mass is 9.97. The Bertz CT molecular complexity index is 1530. The van der Waals surface area contributed by atoms with Gasteiger partial charge in [0.2, 0.25) is 0 Å². The largest absolute Gasteiger partial charge is 0.192 e. The van der Waals surface area contributed by atoms with Gasteiger partial charge in [-0.15, -0.1) is 0 Å². The Morgan fingerprint density at radius 3 is 1.03 bits per heavy atom. The molecular weight excluding hydrogens is 460 g/mol. The second-order valence-electron chi connectivity index (χ2n) is 8.89. The molecule has 0 atom stereocenters. The van der Waals surface area contributed by atoms with Crippen LogP contribution in [0.15, 0.2) is 133 Å². The lowest BCUT2D eigenvalue weighted by Gasteiger charge is -2.05. The van der Waals surface area contributed by atoms with Crippen LogP contribution in [0, 0.1) is 22.7 Å². The molecule has 38 heavy (non-hydrogen) atoms. The highest BCUT2D eigenvalue weighted by Gasteiger charge is 2.06. The highest BCUT2D eigenvalue weighted by Crippen LogP contribution is 2.25. The molecular formula is C36H24N2. The van der Waals surface area contributed by atoms with Gasteiger partial charge in [0, 0.05) is 0 Å². The van der Waals surface area contributed by atoms with Crippen LogP contribution in [0.25, 0.3) is 45.6 Å². The van der Waals surface area contributed by atoms with Gasteiger partial charge in [0.1, 0.15) is 0 Å². The molecule has 5 aromatic rings. The fourth-order valence-corrected chi connectivity index (χ4v) is 4.33. The van der Waals surface area contributed by atoms with Crippen LogP contribution >= 0.6 is 0 Å². The maximum absolute atomic E-state index is 9.82. The van der Waals surface area contributed by atoms with Crippen molar-refractivity contribution in [2.75, 3.05) is 0 Å². The van der Waals surface area contributed by atoms with E-state index in [9.17, 15) is 10.5 Å². The van der Waals surface area contributed by atoms with Crippen molar-refractivity contribution in [3.8, 4) is 34.4 Å². The maximum Gasteiger partial charge on any atom is 0.0998 e.